The van der Waals surface area contributed by atoms with Crippen molar-refractivity contribution in [3.05, 3.63) is 35.9 Å². The quantitative estimate of drug-likeness (QED) is 0.840. The first-order chi connectivity index (χ1) is 8.23. The first-order valence-electron chi connectivity index (χ1n) is 5.97. The predicted octanol–water partition coefficient (Wildman–Crippen LogP) is 1.09. The number of benzene rings is 1. The standard InChI is InChI=1S/C14H22N2O2/c1-13(2,10-17)16(4)12(18)14(3,15)11-8-6-5-7-9-11/h5-9,17H,10,15H2,1-4H3. The second-order valence-electron chi connectivity index (χ2n) is 5.40. The molecule has 0 saturated carbocycles. The molecule has 4 nitrogen and oxygen atoms in total. The van der Waals surface area contributed by atoms with E-state index >= 15 is 0 Å². The molecule has 3 N–H and O–H groups in total. The zero-order valence-corrected chi connectivity index (χ0v) is 11.5. The number of amides is 1. The first-order valence-corrected chi connectivity index (χ1v) is 5.97. The molecule has 1 unspecified atom stereocenters. The fourth-order valence-corrected chi connectivity index (χ4v) is 1.64. The first kappa shape index (κ1) is 14.7. The van der Waals surface area contributed by atoms with Gasteiger partial charge in [-0.3, -0.25) is 4.79 Å². The molecule has 1 amide bonds. The average molecular weight is 250 g/mol. The third-order valence-electron chi connectivity index (χ3n) is 3.42. The van der Waals surface area contributed by atoms with Gasteiger partial charge < -0.3 is 15.7 Å². The van der Waals surface area contributed by atoms with Gasteiger partial charge in [0.1, 0.15) is 5.54 Å². The molecule has 1 aromatic rings. The number of carbonyl (C=O) groups is 1. The second-order valence-corrected chi connectivity index (χ2v) is 5.40. The zero-order valence-electron chi connectivity index (χ0n) is 11.5. The normalized spacial score (nSPS) is 15.0. The lowest BCUT2D eigenvalue weighted by atomic mass is 9.90. The molecule has 0 spiro atoms. The topological polar surface area (TPSA) is 66.6 Å². The summed E-state index contributed by atoms with van der Waals surface area (Å²) in [4.78, 5) is 14.0. The summed E-state index contributed by atoms with van der Waals surface area (Å²) in [7, 11) is 1.66. The van der Waals surface area contributed by atoms with Gasteiger partial charge in [0.15, 0.2) is 0 Å². The van der Waals surface area contributed by atoms with Crippen LogP contribution in [0.5, 0.6) is 0 Å². The van der Waals surface area contributed by atoms with E-state index in [0.29, 0.717) is 0 Å². The molecule has 100 valence electrons. The van der Waals surface area contributed by atoms with Crippen LogP contribution >= 0.6 is 0 Å². The Balaban J connectivity index is 3.03. The molecule has 1 rings (SSSR count). The molecular weight excluding hydrogens is 228 g/mol. The molecule has 0 radical (unpaired) electrons. The number of rotatable bonds is 4. The number of nitrogens with two attached hydrogens (primary N) is 1. The van der Waals surface area contributed by atoms with Crippen LogP contribution in [-0.4, -0.2) is 35.1 Å². The van der Waals surface area contributed by atoms with Gasteiger partial charge in [-0.2, -0.15) is 0 Å². The minimum atomic E-state index is -1.09. The van der Waals surface area contributed by atoms with Crippen LogP contribution in [0.25, 0.3) is 0 Å². The largest absolute Gasteiger partial charge is 0.394 e. The number of aliphatic hydroxyl groups is 1. The van der Waals surface area contributed by atoms with E-state index in [4.69, 9.17) is 5.73 Å². The van der Waals surface area contributed by atoms with Crippen molar-refractivity contribution in [3.63, 3.8) is 0 Å². The summed E-state index contributed by atoms with van der Waals surface area (Å²) in [6.07, 6.45) is 0. The van der Waals surface area contributed by atoms with Crippen molar-refractivity contribution in [1.82, 2.24) is 4.90 Å². The Hall–Kier alpha value is -1.39. The van der Waals surface area contributed by atoms with Crippen LogP contribution in [0.3, 0.4) is 0 Å². The van der Waals surface area contributed by atoms with Gasteiger partial charge in [0, 0.05) is 7.05 Å². The number of nitrogens with zero attached hydrogens (tertiary/aromatic N) is 1. The van der Waals surface area contributed by atoms with Crippen molar-refractivity contribution in [1.29, 1.82) is 0 Å². The number of aliphatic hydroxyl groups excluding tert-OH is 1. The highest BCUT2D eigenvalue weighted by Crippen LogP contribution is 2.23. The second kappa shape index (κ2) is 5.08. The molecule has 0 aliphatic heterocycles. The molecule has 0 aromatic heterocycles. The third kappa shape index (κ3) is 2.71. The third-order valence-corrected chi connectivity index (χ3v) is 3.42. The minimum Gasteiger partial charge on any atom is -0.394 e. The molecule has 0 heterocycles. The van der Waals surface area contributed by atoms with E-state index in [0.717, 1.165) is 5.56 Å². The summed E-state index contributed by atoms with van der Waals surface area (Å²) in [5.74, 6) is -0.215. The molecule has 1 aromatic carbocycles. The Bertz CT molecular complexity index is 413. The molecule has 0 aliphatic carbocycles. The van der Waals surface area contributed by atoms with Crippen LogP contribution in [-0.2, 0) is 10.3 Å². The highest BCUT2D eigenvalue weighted by atomic mass is 16.3. The van der Waals surface area contributed by atoms with Gasteiger partial charge in [0.2, 0.25) is 5.91 Å². The molecule has 0 bridgehead atoms. The number of likely N-dealkylation sites (N-methyl/N-ethyl adjacent to an activating group) is 1. The van der Waals surface area contributed by atoms with E-state index in [-0.39, 0.29) is 12.5 Å². The SMILES string of the molecule is CN(C(=O)C(C)(N)c1ccccc1)C(C)(C)CO. The van der Waals surface area contributed by atoms with Crippen LogP contribution in [0, 0.1) is 0 Å². The van der Waals surface area contributed by atoms with Crippen LogP contribution in [0.4, 0.5) is 0 Å². The van der Waals surface area contributed by atoms with Crippen molar-refractivity contribution < 1.29 is 9.90 Å². The Labute approximate surface area is 108 Å². The lowest BCUT2D eigenvalue weighted by Crippen LogP contribution is -2.57. The van der Waals surface area contributed by atoms with Crippen LogP contribution < -0.4 is 5.73 Å². The number of hydrogen-bond acceptors (Lipinski definition) is 3. The molecule has 0 fully saturated rings. The van der Waals surface area contributed by atoms with Crippen LogP contribution in [0.1, 0.15) is 26.3 Å². The molecule has 4 heteroatoms. The Morgan fingerprint density at radius 2 is 1.78 bits per heavy atom. The number of hydrogen-bond donors (Lipinski definition) is 2. The summed E-state index contributed by atoms with van der Waals surface area (Å²) in [6, 6.07) is 9.25. The Kier molecular flexibility index (Phi) is 4.14. The summed E-state index contributed by atoms with van der Waals surface area (Å²) in [6.45, 7) is 5.17. The Morgan fingerprint density at radius 1 is 1.28 bits per heavy atom. The summed E-state index contributed by atoms with van der Waals surface area (Å²) >= 11 is 0. The van der Waals surface area contributed by atoms with Gasteiger partial charge in [0.25, 0.3) is 0 Å². The van der Waals surface area contributed by atoms with Gasteiger partial charge in [-0.1, -0.05) is 30.3 Å². The van der Waals surface area contributed by atoms with E-state index in [2.05, 4.69) is 0 Å². The summed E-state index contributed by atoms with van der Waals surface area (Å²) in [5, 5.41) is 9.31. The minimum absolute atomic E-state index is 0.111. The van der Waals surface area contributed by atoms with Crippen molar-refractivity contribution in [2.45, 2.75) is 31.8 Å². The average Bonchev–Trinajstić information content (AvgIpc) is 2.37. The van der Waals surface area contributed by atoms with E-state index < -0.39 is 11.1 Å². The molecular formula is C14H22N2O2. The van der Waals surface area contributed by atoms with Gasteiger partial charge >= 0.3 is 0 Å². The maximum absolute atomic E-state index is 12.5. The van der Waals surface area contributed by atoms with E-state index in [1.807, 2.05) is 30.3 Å². The maximum Gasteiger partial charge on any atom is 0.247 e. The lowest BCUT2D eigenvalue weighted by molar-refractivity contribution is -0.141. The van der Waals surface area contributed by atoms with E-state index in [9.17, 15) is 9.90 Å². The predicted molar refractivity (Wildman–Crippen MR) is 71.9 cm³/mol. The maximum atomic E-state index is 12.5. The number of carbonyl (C=O) groups excluding carboxylic acids is 1. The molecule has 0 aliphatic rings. The van der Waals surface area contributed by atoms with Gasteiger partial charge in [-0.15, -0.1) is 0 Å². The van der Waals surface area contributed by atoms with E-state index in [1.165, 1.54) is 4.90 Å². The van der Waals surface area contributed by atoms with Crippen molar-refractivity contribution >= 4 is 5.91 Å². The van der Waals surface area contributed by atoms with E-state index in [1.54, 1.807) is 27.8 Å². The van der Waals surface area contributed by atoms with Crippen LogP contribution in [0.2, 0.25) is 0 Å². The van der Waals surface area contributed by atoms with Crippen molar-refractivity contribution in [2.24, 2.45) is 5.73 Å². The van der Waals surface area contributed by atoms with Gasteiger partial charge in [-0.25, -0.2) is 0 Å². The Morgan fingerprint density at radius 3 is 2.22 bits per heavy atom. The zero-order chi connectivity index (χ0) is 14.0. The highest BCUT2D eigenvalue weighted by Gasteiger charge is 2.38. The monoisotopic (exact) mass is 250 g/mol. The molecule has 18 heavy (non-hydrogen) atoms. The molecule has 1 atom stereocenters. The summed E-state index contributed by atoms with van der Waals surface area (Å²) in [5.41, 5.74) is 5.19. The summed E-state index contributed by atoms with van der Waals surface area (Å²) < 4.78 is 0. The fourth-order valence-electron chi connectivity index (χ4n) is 1.64. The van der Waals surface area contributed by atoms with Crippen LogP contribution in [0.15, 0.2) is 30.3 Å². The smallest absolute Gasteiger partial charge is 0.247 e. The lowest BCUT2D eigenvalue weighted by Gasteiger charge is -2.39. The van der Waals surface area contributed by atoms with Gasteiger partial charge in [-0.05, 0) is 26.3 Å². The molecule has 0 saturated heterocycles. The van der Waals surface area contributed by atoms with Crippen molar-refractivity contribution in [2.75, 3.05) is 13.7 Å². The van der Waals surface area contributed by atoms with Crippen molar-refractivity contribution in [3.8, 4) is 0 Å². The fraction of sp³-hybridized carbons (Fsp3) is 0.500. The van der Waals surface area contributed by atoms with Gasteiger partial charge in [0.05, 0.1) is 12.1 Å². The highest BCUT2D eigenvalue weighted by molar-refractivity contribution is 5.87.